The van der Waals surface area contributed by atoms with E-state index in [-0.39, 0.29) is 22.3 Å². The van der Waals surface area contributed by atoms with Crippen LogP contribution in [0.4, 0.5) is 5.69 Å². The lowest BCUT2D eigenvalue weighted by atomic mass is 10.3. The van der Waals surface area contributed by atoms with E-state index in [1.807, 2.05) is 0 Å². The lowest BCUT2D eigenvalue weighted by Crippen LogP contribution is -2.23. The van der Waals surface area contributed by atoms with Crippen molar-refractivity contribution in [2.75, 3.05) is 38.0 Å². The molecule has 1 heterocycles. The minimum atomic E-state index is -3.71. The summed E-state index contributed by atoms with van der Waals surface area (Å²) in [7, 11) is 0.567. The van der Waals surface area contributed by atoms with Gasteiger partial charge >= 0.3 is 0 Å². The fraction of sp³-hybridized carbons (Fsp3) is 0.471. The number of thioether (sulfide) groups is 2. The number of rotatable bonds is 11. The van der Waals surface area contributed by atoms with Gasteiger partial charge in [0.25, 0.3) is 0 Å². The lowest BCUT2D eigenvalue weighted by Gasteiger charge is -2.15. The first-order valence-electron chi connectivity index (χ1n) is 8.77. The van der Waals surface area contributed by atoms with E-state index in [2.05, 4.69) is 22.4 Å². The van der Waals surface area contributed by atoms with Crippen molar-refractivity contribution in [1.82, 2.24) is 14.5 Å². The number of benzene rings is 1. The number of sulfonamides is 1. The molecule has 2 aromatic rings. The molecule has 1 amide bonds. The Morgan fingerprint density at radius 1 is 1.24 bits per heavy atom. The molecule has 1 aromatic heterocycles. The normalized spacial score (nSPS) is 11.6. The van der Waals surface area contributed by atoms with Crippen LogP contribution < -0.4 is 10.1 Å². The first-order valence-corrected chi connectivity index (χ1v) is 13.0. The Bertz CT molecular complexity index is 931. The third-order valence-corrected chi connectivity index (χ3v) is 8.76. The Hall–Kier alpha value is -1.34. The molecule has 160 valence electrons. The zero-order chi connectivity index (χ0) is 21.4. The average molecular weight is 477 g/mol. The monoisotopic (exact) mass is 476 g/mol. The van der Waals surface area contributed by atoms with Crippen LogP contribution in [0.5, 0.6) is 5.75 Å². The van der Waals surface area contributed by atoms with Crippen LogP contribution >= 0.6 is 34.9 Å². The quantitative estimate of drug-likeness (QED) is 0.389. The number of hydrogen-bond donors (Lipinski definition) is 1. The maximum absolute atomic E-state index is 12.5. The molecule has 0 atom stereocenters. The molecular formula is C17H24N4O4S4. The third kappa shape index (κ3) is 6.85. The van der Waals surface area contributed by atoms with Gasteiger partial charge in [-0.05, 0) is 24.6 Å². The van der Waals surface area contributed by atoms with Crippen molar-refractivity contribution in [1.29, 1.82) is 0 Å². The molecular weight excluding hydrogens is 452 g/mol. The second-order valence-corrected chi connectivity index (χ2v) is 11.7. The number of hydrogen-bond acceptors (Lipinski definition) is 9. The van der Waals surface area contributed by atoms with E-state index in [1.54, 1.807) is 17.8 Å². The highest BCUT2D eigenvalue weighted by Gasteiger charge is 2.23. The van der Waals surface area contributed by atoms with Gasteiger partial charge in [-0.15, -0.1) is 10.2 Å². The highest BCUT2D eigenvalue weighted by atomic mass is 32.2. The molecule has 2 rings (SSSR count). The largest absolute Gasteiger partial charge is 0.495 e. The van der Waals surface area contributed by atoms with Crippen molar-refractivity contribution in [2.45, 2.75) is 33.3 Å². The Kier molecular flexibility index (Phi) is 9.21. The molecule has 0 fully saturated rings. The minimum Gasteiger partial charge on any atom is -0.495 e. The number of amides is 1. The van der Waals surface area contributed by atoms with Crippen LogP contribution in [0.1, 0.15) is 19.8 Å². The zero-order valence-corrected chi connectivity index (χ0v) is 19.9. The number of anilines is 1. The van der Waals surface area contributed by atoms with Crippen LogP contribution in [-0.4, -0.2) is 61.5 Å². The number of aromatic nitrogens is 2. The predicted octanol–water partition coefficient (Wildman–Crippen LogP) is 3.42. The van der Waals surface area contributed by atoms with Gasteiger partial charge in [-0.2, -0.15) is 0 Å². The van der Waals surface area contributed by atoms with E-state index in [0.717, 1.165) is 31.6 Å². The summed E-state index contributed by atoms with van der Waals surface area (Å²) in [6.07, 6.45) is 2.26. The van der Waals surface area contributed by atoms with Crippen molar-refractivity contribution < 1.29 is 17.9 Å². The first-order chi connectivity index (χ1) is 13.8. The van der Waals surface area contributed by atoms with Crippen molar-refractivity contribution in [3.05, 3.63) is 18.2 Å². The fourth-order valence-electron chi connectivity index (χ4n) is 2.09. The van der Waals surface area contributed by atoms with Gasteiger partial charge in [-0.1, -0.05) is 48.2 Å². The number of carbonyl (C=O) groups excluding carboxylic acids is 1. The van der Waals surface area contributed by atoms with Gasteiger partial charge < -0.3 is 10.1 Å². The fourth-order valence-corrected chi connectivity index (χ4v) is 6.14. The molecule has 0 bridgehead atoms. The SMILES string of the molecule is CCCCSc1nnc(SCC(=O)Nc2ccc(OC)c(S(=O)(=O)N(C)C)c2)s1. The van der Waals surface area contributed by atoms with Gasteiger partial charge in [-0.25, -0.2) is 12.7 Å². The predicted molar refractivity (Wildman–Crippen MR) is 119 cm³/mol. The zero-order valence-electron chi connectivity index (χ0n) is 16.7. The number of carbonyl (C=O) groups is 1. The van der Waals surface area contributed by atoms with Crippen LogP contribution in [0, 0.1) is 0 Å². The molecule has 0 unspecified atom stereocenters. The maximum Gasteiger partial charge on any atom is 0.246 e. The summed E-state index contributed by atoms with van der Waals surface area (Å²) in [6, 6.07) is 4.51. The smallest absolute Gasteiger partial charge is 0.246 e. The molecule has 0 radical (unpaired) electrons. The summed E-state index contributed by atoms with van der Waals surface area (Å²) in [5.74, 6) is 1.11. The maximum atomic E-state index is 12.5. The molecule has 12 heteroatoms. The summed E-state index contributed by atoms with van der Waals surface area (Å²) < 4.78 is 32.8. The van der Waals surface area contributed by atoms with Gasteiger partial charge in [0.2, 0.25) is 15.9 Å². The molecule has 0 aliphatic heterocycles. The highest BCUT2D eigenvalue weighted by Crippen LogP contribution is 2.30. The Morgan fingerprint density at radius 3 is 2.55 bits per heavy atom. The van der Waals surface area contributed by atoms with Crippen molar-refractivity contribution in [3.63, 3.8) is 0 Å². The number of ether oxygens (including phenoxy) is 1. The van der Waals surface area contributed by atoms with Crippen molar-refractivity contribution in [2.24, 2.45) is 0 Å². The third-order valence-electron chi connectivity index (χ3n) is 3.64. The number of nitrogens with one attached hydrogen (secondary N) is 1. The number of nitrogens with zero attached hydrogens (tertiary/aromatic N) is 3. The molecule has 0 aliphatic rings. The van der Waals surface area contributed by atoms with E-state index in [1.165, 1.54) is 56.4 Å². The van der Waals surface area contributed by atoms with E-state index < -0.39 is 10.0 Å². The van der Waals surface area contributed by atoms with E-state index in [9.17, 15) is 13.2 Å². The molecule has 1 N–H and O–H groups in total. The summed E-state index contributed by atoms with van der Waals surface area (Å²) in [4.78, 5) is 12.3. The number of methoxy groups -OCH3 is 1. The topological polar surface area (TPSA) is 101 Å². The minimum absolute atomic E-state index is 0.00618. The van der Waals surface area contributed by atoms with Gasteiger partial charge in [-0.3, -0.25) is 4.79 Å². The first kappa shape index (κ1) is 23.9. The second kappa shape index (κ2) is 11.2. The molecule has 0 aliphatic carbocycles. The van der Waals surface area contributed by atoms with Gasteiger partial charge in [0, 0.05) is 25.5 Å². The summed E-state index contributed by atoms with van der Waals surface area (Å²) in [6.45, 7) is 2.14. The van der Waals surface area contributed by atoms with Gasteiger partial charge in [0.15, 0.2) is 8.68 Å². The van der Waals surface area contributed by atoms with Crippen molar-refractivity contribution >= 4 is 56.5 Å². The van der Waals surface area contributed by atoms with Gasteiger partial charge in [0.1, 0.15) is 10.6 Å². The highest BCUT2D eigenvalue weighted by molar-refractivity contribution is 8.03. The lowest BCUT2D eigenvalue weighted by molar-refractivity contribution is -0.113. The molecule has 8 nitrogen and oxygen atoms in total. The van der Waals surface area contributed by atoms with E-state index >= 15 is 0 Å². The number of unbranched alkanes of at least 4 members (excludes halogenated alkanes) is 1. The van der Waals surface area contributed by atoms with Crippen LogP contribution in [0.2, 0.25) is 0 Å². The molecule has 0 saturated heterocycles. The Labute approximate surface area is 183 Å². The second-order valence-electron chi connectivity index (χ2n) is 6.03. The molecule has 1 aromatic carbocycles. The summed E-state index contributed by atoms with van der Waals surface area (Å²) in [5, 5.41) is 10.9. The van der Waals surface area contributed by atoms with Gasteiger partial charge in [0.05, 0.1) is 12.9 Å². The molecule has 29 heavy (non-hydrogen) atoms. The summed E-state index contributed by atoms with van der Waals surface area (Å²) in [5.41, 5.74) is 0.380. The summed E-state index contributed by atoms with van der Waals surface area (Å²) >= 11 is 4.44. The van der Waals surface area contributed by atoms with Crippen LogP contribution in [-0.2, 0) is 14.8 Å². The standard InChI is InChI=1S/C17H24N4O4S4/c1-5-6-9-26-16-19-20-17(28-16)27-11-15(22)18-12-7-8-13(25-4)14(10-12)29(23,24)21(2)3/h7-8,10H,5-6,9,11H2,1-4H3,(H,18,22). The van der Waals surface area contributed by atoms with Crippen molar-refractivity contribution in [3.8, 4) is 5.75 Å². The van der Waals surface area contributed by atoms with Crippen LogP contribution in [0.3, 0.4) is 0 Å². The Balaban J connectivity index is 1.99. The van der Waals surface area contributed by atoms with E-state index in [0.29, 0.717) is 5.69 Å². The van der Waals surface area contributed by atoms with Crippen LogP contribution in [0.15, 0.2) is 31.8 Å². The van der Waals surface area contributed by atoms with Crippen LogP contribution in [0.25, 0.3) is 0 Å². The molecule has 0 spiro atoms. The average Bonchev–Trinajstić information content (AvgIpc) is 3.14. The van der Waals surface area contributed by atoms with E-state index in [4.69, 9.17) is 4.74 Å². The Morgan fingerprint density at radius 2 is 1.93 bits per heavy atom. The molecule has 0 saturated carbocycles.